The van der Waals surface area contributed by atoms with Crippen LogP contribution in [0.3, 0.4) is 0 Å². The largest absolute Gasteiger partial charge is 0.378 e. The molecule has 0 saturated carbocycles. The summed E-state index contributed by atoms with van der Waals surface area (Å²) < 4.78 is 5.42. The Labute approximate surface area is 185 Å². The van der Waals surface area contributed by atoms with Crippen molar-refractivity contribution in [2.24, 2.45) is 4.99 Å². The second kappa shape index (κ2) is 9.82. The first kappa shape index (κ1) is 21.2. The van der Waals surface area contributed by atoms with Gasteiger partial charge in [-0.3, -0.25) is 20.3 Å². The molecule has 0 bridgehead atoms. The summed E-state index contributed by atoms with van der Waals surface area (Å²) in [5, 5.41) is 0.477. The Morgan fingerprint density at radius 2 is 2.00 bits per heavy atom. The molecule has 1 atom stereocenters. The van der Waals surface area contributed by atoms with Gasteiger partial charge in [0.05, 0.1) is 35.8 Å². The third kappa shape index (κ3) is 4.99. The van der Waals surface area contributed by atoms with Crippen LogP contribution >= 0.6 is 11.6 Å². The third-order valence-electron chi connectivity index (χ3n) is 4.97. The normalized spacial score (nSPS) is 14.8. The van der Waals surface area contributed by atoms with Crippen molar-refractivity contribution in [2.45, 2.75) is 13.0 Å². The summed E-state index contributed by atoms with van der Waals surface area (Å²) in [6.07, 6.45) is 4.54. The number of nitrogens with zero attached hydrogens (tertiary/aromatic N) is 5. The summed E-state index contributed by atoms with van der Waals surface area (Å²) in [6.45, 7) is 8.74. The van der Waals surface area contributed by atoms with E-state index in [0.717, 1.165) is 37.6 Å². The molecule has 0 amide bonds. The second-order valence-electron chi connectivity index (χ2n) is 6.99. The zero-order chi connectivity index (χ0) is 21.6. The van der Waals surface area contributed by atoms with E-state index in [1.807, 2.05) is 19.1 Å². The van der Waals surface area contributed by atoms with Crippen LogP contribution in [-0.2, 0) is 9.57 Å². The molecule has 1 saturated heterocycles. The number of rotatable bonds is 7. The van der Waals surface area contributed by atoms with E-state index >= 15 is 0 Å². The lowest BCUT2D eigenvalue weighted by molar-refractivity contribution is 0.112. The van der Waals surface area contributed by atoms with Crippen molar-refractivity contribution < 1.29 is 9.57 Å². The first-order valence-electron chi connectivity index (χ1n) is 9.93. The van der Waals surface area contributed by atoms with Gasteiger partial charge in [-0.2, -0.15) is 0 Å². The number of anilines is 2. The Morgan fingerprint density at radius 3 is 2.68 bits per heavy atom. The Morgan fingerprint density at radius 1 is 1.23 bits per heavy atom. The minimum absolute atomic E-state index is 0.336. The molecular formula is C22H23ClN6O2. The second-order valence-corrected chi connectivity index (χ2v) is 7.39. The fraction of sp³-hybridized carbons (Fsp3) is 0.273. The molecule has 4 rings (SSSR count). The van der Waals surface area contributed by atoms with Gasteiger partial charge in [-0.05, 0) is 31.8 Å². The monoisotopic (exact) mass is 438 g/mol. The smallest absolute Gasteiger partial charge is 0.177 e. The predicted molar refractivity (Wildman–Crippen MR) is 122 cm³/mol. The number of pyridine rings is 1. The van der Waals surface area contributed by atoms with E-state index < -0.39 is 0 Å². The number of aliphatic imine (C=N–C) groups is 1. The molecule has 1 aliphatic rings. The van der Waals surface area contributed by atoms with Crippen molar-refractivity contribution >= 4 is 35.5 Å². The summed E-state index contributed by atoms with van der Waals surface area (Å²) in [6, 6.07) is 9.87. The van der Waals surface area contributed by atoms with Crippen LogP contribution in [0.25, 0.3) is 11.3 Å². The highest BCUT2D eigenvalue weighted by Crippen LogP contribution is 2.35. The summed E-state index contributed by atoms with van der Waals surface area (Å²) in [4.78, 5) is 24.9. The van der Waals surface area contributed by atoms with E-state index in [1.165, 1.54) is 0 Å². The lowest BCUT2D eigenvalue weighted by Gasteiger charge is -2.28. The molecule has 0 radical (unpaired) electrons. The molecule has 3 heterocycles. The van der Waals surface area contributed by atoms with Crippen LogP contribution in [0.4, 0.5) is 17.2 Å². The highest BCUT2D eigenvalue weighted by molar-refractivity contribution is 6.33. The van der Waals surface area contributed by atoms with E-state index in [-0.39, 0.29) is 6.10 Å². The number of hydrogen-bond donors (Lipinski definition) is 1. The van der Waals surface area contributed by atoms with E-state index in [2.05, 4.69) is 49.2 Å². The van der Waals surface area contributed by atoms with Crippen LogP contribution < -0.4 is 10.4 Å². The van der Waals surface area contributed by atoms with Gasteiger partial charge in [-0.25, -0.2) is 9.98 Å². The number of benzene rings is 1. The topological polar surface area (TPSA) is 84.8 Å². The summed E-state index contributed by atoms with van der Waals surface area (Å²) in [5.74, 6) is 0.392. The van der Waals surface area contributed by atoms with Gasteiger partial charge in [0.2, 0.25) is 0 Å². The zero-order valence-corrected chi connectivity index (χ0v) is 17.9. The van der Waals surface area contributed by atoms with Crippen LogP contribution in [0.2, 0.25) is 5.02 Å². The van der Waals surface area contributed by atoms with Gasteiger partial charge in [-0.15, -0.1) is 0 Å². The fourth-order valence-electron chi connectivity index (χ4n) is 3.26. The quantitative estimate of drug-likeness (QED) is 0.430. The Hall–Kier alpha value is -3.07. The lowest BCUT2D eigenvalue weighted by Crippen LogP contribution is -2.36. The molecule has 0 spiro atoms. The van der Waals surface area contributed by atoms with Crippen LogP contribution in [0.5, 0.6) is 0 Å². The molecule has 1 N–H and O–H groups in total. The van der Waals surface area contributed by atoms with Crippen LogP contribution in [0.1, 0.15) is 18.7 Å². The maximum absolute atomic E-state index is 6.54. The van der Waals surface area contributed by atoms with Crippen molar-refractivity contribution in [2.75, 3.05) is 36.7 Å². The molecule has 1 aromatic carbocycles. The maximum atomic E-state index is 6.54. The minimum atomic E-state index is -0.336. The average molecular weight is 439 g/mol. The fourth-order valence-corrected chi connectivity index (χ4v) is 3.52. The molecular weight excluding hydrogens is 416 g/mol. The van der Waals surface area contributed by atoms with Gasteiger partial charge >= 0.3 is 0 Å². The highest BCUT2D eigenvalue weighted by Gasteiger charge is 2.15. The van der Waals surface area contributed by atoms with Gasteiger partial charge in [0.15, 0.2) is 5.82 Å². The molecule has 1 aliphatic heterocycles. The summed E-state index contributed by atoms with van der Waals surface area (Å²) in [5.41, 5.74) is 6.75. The molecule has 160 valence electrons. The van der Waals surface area contributed by atoms with Crippen molar-refractivity contribution in [3.05, 3.63) is 59.6 Å². The van der Waals surface area contributed by atoms with Crippen LogP contribution in [0, 0.1) is 0 Å². The van der Waals surface area contributed by atoms with E-state index in [4.69, 9.17) is 21.2 Å². The highest BCUT2D eigenvalue weighted by atomic mass is 35.5. The number of aromatic nitrogens is 3. The molecule has 1 fully saturated rings. The van der Waals surface area contributed by atoms with Gasteiger partial charge in [0.1, 0.15) is 11.8 Å². The number of halogens is 1. The number of nitrogens with one attached hydrogen (secondary N) is 1. The Balaban J connectivity index is 1.51. The van der Waals surface area contributed by atoms with Crippen LogP contribution in [0.15, 0.2) is 53.9 Å². The van der Waals surface area contributed by atoms with E-state index in [9.17, 15) is 0 Å². The van der Waals surface area contributed by atoms with Crippen molar-refractivity contribution in [3.8, 4) is 11.3 Å². The first-order valence-corrected chi connectivity index (χ1v) is 10.3. The molecule has 8 nitrogen and oxygen atoms in total. The first-order chi connectivity index (χ1) is 15.2. The van der Waals surface area contributed by atoms with Gasteiger partial charge in [0, 0.05) is 36.7 Å². The average Bonchev–Trinajstić information content (AvgIpc) is 2.84. The minimum Gasteiger partial charge on any atom is -0.378 e. The SMILES string of the molecule is C=Nc1nc(-c2ccc(N3CCOCC3)cc2)c(Cl)cc1NOC(C)c1cnccn1. The molecule has 9 heteroatoms. The maximum Gasteiger partial charge on any atom is 0.177 e. The number of hydrogen-bond acceptors (Lipinski definition) is 8. The van der Waals surface area contributed by atoms with Gasteiger partial charge < -0.3 is 9.64 Å². The van der Waals surface area contributed by atoms with Gasteiger partial charge in [-0.1, -0.05) is 23.7 Å². The zero-order valence-electron chi connectivity index (χ0n) is 17.2. The molecule has 2 aromatic heterocycles. The number of ether oxygens (including phenoxy) is 1. The Bertz CT molecular complexity index is 1030. The molecule has 31 heavy (non-hydrogen) atoms. The molecule has 3 aromatic rings. The number of morpholine rings is 1. The standard InChI is InChI=1S/C22H23ClN6O2/c1-15(20-14-25-7-8-26-20)31-28-19-13-18(23)21(27-22(19)24-2)16-3-5-17(6-4-16)29-9-11-30-12-10-29/h3-8,13-15,28H,2,9-12H2,1H3. The van der Waals surface area contributed by atoms with Gasteiger partial charge in [0.25, 0.3) is 0 Å². The van der Waals surface area contributed by atoms with E-state index in [0.29, 0.717) is 27.9 Å². The van der Waals surface area contributed by atoms with Crippen molar-refractivity contribution in [1.82, 2.24) is 15.0 Å². The summed E-state index contributed by atoms with van der Waals surface area (Å²) >= 11 is 6.54. The Kier molecular flexibility index (Phi) is 6.71. The third-order valence-corrected chi connectivity index (χ3v) is 5.26. The van der Waals surface area contributed by atoms with Crippen molar-refractivity contribution in [1.29, 1.82) is 0 Å². The summed E-state index contributed by atoms with van der Waals surface area (Å²) in [7, 11) is 0. The van der Waals surface area contributed by atoms with Crippen molar-refractivity contribution in [3.63, 3.8) is 0 Å². The molecule has 0 aliphatic carbocycles. The predicted octanol–water partition coefficient (Wildman–Crippen LogP) is 4.47. The lowest BCUT2D eigenvalue weighted by atomic mass is 10.1. The van der Waals surface area contributed by atoms with Crippen LogP contribution in [-0.4, -0.2) is 48.0 Å². The van der Waals surface area contributed by atoms with E-state index in [1.54, 1.807) is 24.7 Å². The molecule has 1 unspecified atom stereocenters.